The van der Waals surface area contributed by atoms with Crippen molar-refractivity contribution in [2.24, 2.45) is 0 Å². The van der Waals surface area contributed by atoms with E-state index in [1.807, 2.05) is 16.8 Å². The first kappa shape index (κ1) is 12.8. The van der Waals surface area contributed by atoms with Crippen LogP contribution in [0.5, 0.6) is 0 Å². The zero-order valence-corrected chi connectivity index (χ0v) is 11.1. The van der Waals surface area contributed by atoms with Gasteiger partial charge in [-0.3, -0.25) is 4.79 Å². The minimum Gasteiger partial charge on any atom is -0.395 e. The van der Waals surface area contributed by atoms with Crippen molar-refractivity contribution in [3.63, 3.8) is 0 Å². The number of aliphatic hydroxyl groups excluding tert-OH is 1. The second kappa shape index (κ2) is 4.94. The van der Waals surface area contributed by atoms with Crippen LogP contribution in [0.4, 0.5) is 0 Å². The SMILES string of the molecule is CC(=O)c1cn(CCO)c2ccc(C(C)C)cc12. The van der Waals surface area contributed by atoms with Gasteiger partial charge < -0.3 is 9.67 Å². The highest BCUT2D eigenvalue weighted by Crippen LogP contribution is 2.26. The van der Waals surface area contributed by atoms with Gasteiger partial charge in [-0.05, 0) is 30.5 Å². The summed E-state index contributed by atoms with van der Waals surface area (Å²) in [6, 6.07) is 6.21. The van der Waals surface area contributed by atoms with E-state index in [9.17, 15) is 4.79 Å². The molecule has 0 fully saturated rings. The van der Waals surface area contributed by atoms with Gasteiger partial charge in [0.15, 0.2) is 5.78 Å². The van der Waals surface area contributed by atoms with Crippen LogP contribution in [0, 0.1) is 0 Å². The Labute approximate surface area is 107 Å². The van der Waals surface area contributed by atoms with Crippen LogP contribution in [0.2, 0.25) is 0 Å². The molecule has 0 aliphatic heterocycles. The Hall–Kier alpha value is -1.61. The Balaban J connectivity index is 2.67. The summed E-state index contributed by atoms with van der Waals surface area (Å²) in [7, 11) is 0. The summed E-state index contributed by atoms with van der Waals surface area (Å²) in [6.45, 7) is 6.45. The number of hydrogen-bond acceptors (Lipinski definition) is 2. The van der Waals surface area contributed by atoms with E-state index in [4.69, 9.17) is 5.11 Å². The van der Waals surface area contributed by atoms with Gasteiger partial charge in [-0.25, -0.2) is 0 Å². The fraction of sp³-hybridized carbons (Fsp3) is 0.400. The van der Waals surface area contributed by atoms with Crippen LogP contribution in [0.1, 0.15) is 42.6 Å². The first-order chi connectivity index (χ1) is 8.54. The van der Waals surface area contributed by atoms with E-state index in [0.29, 0.717) is 12.5 Å². The third-order valence-corrected chi connectivity index (χ3v) is 3.29. The first-order valence-corrected chi connectivity index (χ1v) is 6.29. The Morgan fingerprint density at radius 1 is 1.39 bits per heavy atom. The zero-order valence-electron chi connectivity index (χ0n) is 11.1. The maximum Gasteiger partial charge on any atom is 0.161 e. The van der Waals surface area contributed by atoms with Gasteiger partial charge in [0.25, 0.3) is 0 Å². The van der Waals surface area contributed by atoms with Gasteiger partial charge in [0.05, 0.1) is 6.61 Å². The molecule has 0 saturated heterocycles. The monoisotopic (exact) mass is 245 g/mol. The fourth-order valence-corrected chi connectivity index (χ4v) is 2.25. The molecule has 0 atom stereocenters. The van der Waals surface area contributed by atoms with Crippen molar-refractivity contribution >= 4 is 16.7 Å². The summed E-state index contributed by atoms with van der Waals surface area (Å²) in [5.41, 5.74) is 2.98. The number of fused-ring (bicyclic) bond motifs is 1. The van der Waals surface area contributed by atoms with Crippen molar-refractivity contribution in [1.82, 2.24) is 4.57 Å². The normalized spacial score (nSPS) is 11.4. The average molecular weight is 245 g/mol. The summed E-state index contributed by atoms with van der Waals surface area (Å²) in [5, 5.41) is 10.1. The average Bonchev–Trinajstić information content (AvgIpc) is 2.68. The number of hydrogen-bond donors (Lipinski definition) is 1. The molecule has 2 rings (SSSR count). The lowest BCUT2D eigenvalue weighted by atomic mass is 10.00. The second-order valence-corrected chi connectivity index (χ2v) is 4.95. The van der Waals surface area contributed by atoms with Crippen LogP contribution in [0.3, 0.4) is 0 Å². The standard InChI is InChI=1S/C15H19NO2/c1-10(2)12-4-5-15-13(8-12)14(11(3)18)9-16(15)6-7-17/h4-5,8-10,17H,6-7H2,1-3H3. The number of Topliss-reactive ketones (excluding diaryl/α,β-unsaturated/α-hetero) is 1. The van der Waals surface area contributed by atoms with E-state index in [1.165, 1.54) is 5.56 Å². The lowest BCUT2D eigenvalue weighted by molar-refractivity contribution is 0.101. The van der Waals surface area contributed by atoms with E-state index in [-0.39, 0.29) is 12.4 Å². The van der Waals surface area contributed by atoms with Crippen LogP contribution >= 0.6 is 0 Å². The lowest BCUT2D eigenvalue weighted by Gasteiger charge is -2.07. The van der Waals surface area contributed by atoms with E-state index < -0.39 is 0 Å². The summed E-state index contributed by atoms with van der Waals surface area (Å²) in [4.78, 5) is 11.7. The Morgan fingerprint density at radius 3 is 2.67 bits per heavy atom. The van der Waals surface area contributed by atoms with Gasteiger partial charge in [-0.1, -0.05) is 19.9 Å². The quantitative estimate of drug-likeness (QED) is 0.841. The minimum atomic E-state index is 0.0672. The molecule has 3 nitrogen and oxygen atoms in total. The largest absolute Gasteiger partial charge is 0.395 e. The molecule has 1 heterocycles. The molecular weight excluding hydrogens is 226 g/mol. The topological polar surface area (TPSA) is 42.2 Å². The highest BCUT2D eigenvalue weighted by Gasteiger charge is 2.13. The third kappa shape index (κ3) is 2.18. The van der Waals surface area contributed by atoms with E-state index in [1.54, 1.807) is 6.92 Å². The number of benzene rings is 1. The molecule has 0 spiro atoms. The molecule has 1 aromatic carbocycles. The molecule has 0 unspecified atom stereocenters. The molecule has 0 amide bonds. The zero-order chi connectivity index (χ0) is 13.3. The maximum absolute atomic E-state index is 11.7. The third-order valence-electron chi connectivity index (χ3n) is 3.29. The summed E-state index contributed by atoms with van der Waals surface area (Å²) >= 11 is 0. The molecule has 18 heavy (non-hydrogen) atoms. The predicted molar refractivity (Wildman–Crippen MR) is 73.1 cm³/mol. The molecule has 2 aromatic rings. The van der Waals surface area contributed by atoms with Crippen molar-refractivity contribution in [2.45, 2.75) is 33.2 Å². The van der Waals surface area contributed by atoms with Crippen molar-refractivity contribution in [3.05, 3.63) is 35.5 Å². The van der Waals surface area contributed by atoms with Crippen molar-refractivity contribution in [1.29, 1.82) is 0 Å². The fourth-order valence-electron chi connectivity index (χ4n) is 2.25. The lowest BCUT2D eigenvalue weighted by Crippen LogP contribution is -2.00. The molecule has 0 aliphatic carbocycles. The van der Waals surface area contributed by atoms with Gasteiger partial charge in [0.1, 0.15) is 0 Å². The molecule has 0 saturated carbocycles. The molecule has 1 N–H and O–H groups in total. The smallest absolute Gasteiger partial charge is 0.161 e. The number of rotatable bonds is 4. The van der Waals surface area contributed by atoms with Crippen LogP contribution in [0.25, 0.3) is 10.9 Å². The van der Waals surface area contributed by atoms with Crippen LogP contribution in [-0.4, -0.2) is 22.1 Å². The molecule has 0 aliphatic rings. The molecule has 0 radical (unpaired) electrons. The number of carbonyl (C=O) groups excluding carboxylic acids is 1. The van der Waals surface area contributed by atoms with Crippen LogP contribution in [-0.2, 0) is 6.54 Å². The molecule has 0 bridgehead atoms. The van der Waals surface area contributed by atoms with Crippen LogP contribution < -0.4 is 0 Å². The van der Waals surface area contributed by atoms with Crippen molar-refractivity contribution in [3.8, 4) is 0 Å². The Morgan fingerprint density at radius 2 is 2.11 bits per heavy atom. The number of ketones is 1. The first-order valence-electron chi connectivity index (χ1n) is 6.29. The number of aromatic nitrogens is 1. The highest BCUT2D eigenvalue weighted by molar-refractivity contribution is 6.07. The number of carbonyl (C=O) groups is 1. The number of aliphatic hydroxyl groups is 1. The Kier molecular flexibility index (Phi) is 3.53. The van der Waals surface area contributed by atoms with Crippen molar-refractivity contribution in [2.75, 3.05) is 6.61 Å². The van der Waals surface area contributed by atoms with Gasteiger partial charge in [0, 0.05) is 29.2 Å². The van der Waals surface area contributed by atoms with Gasteiger partial charge in [-0.2, -0.15) is 0 Å². The predicted octanol–water partition coefficient (Wildman–Crippen LogP) is 2.96. The molecule has 1 aromatic heterocycles. The molecular formula is C15H19NO2. The number of nitrogens with zero attached hydrogens (tertiary/aromatic N) is 1. The molecule has 96 valence electrons. The van der Waals surface area contributed by atoms with Gasteiger partial charge in [0.2, 0.25) is 0 Å². The minimum absolute atomic E-state index is 0.0672. The maximum atomic E-state index is 11.7. The van der Waals surface area contributed by atoms with E-state index in [0.717, 1.165) is 16.5 Å². The van der Waals surface area contributed by atoms with Gasteiger partial charge in [-0.15, -0.1) is 0 Å². The summed E-state index contributed by atoms with van der Waals surface area (Å²) < 4.78 is 1.94. The van der Waals surface area contributed by atoms with Crippen molar-refractivity contribution < 1.29 is 9.90 Å². The summed E-state index contributed by atoms with van der Waals surface area (Å²) in [6.07, 6.45) is 1.84. The van der Waals surface area contributed by atoms with Crippen LogP contribution in [0.15, 0.2) is 24.4 Å². The van der Waals surface area contributed by atoms with Gasteiger partial charge >= 0.3 is 0 Å². The second-order valence-electron chi connectivity index (χ2n) is 4.95. The van der Waals surface area contributed by atoms with E-state index in [2.05, 4.69) is 26.0 Å². The van der Waals surface area contributed by atoms with E-state index >= 15 is 0 Å². The molecule has 3 heteroatoms. The Bertz CT molecular complexity index is 581. The highest BCUT2D eigenvalue weighted by atomic mass is 16.3. The summed E-state index contributed by atoms with van der Waals surface area (Å²) in [5.74, 6) is 0.507.